The largest absolute Gasteiger partial charge is 0.378 e. The van der Waals surface area contributed by atoms with E-state index in [0.29, 0.717) is 12.4 Å². The summed E-state index contributed by atoms with van der Waals surface area (Å²) in [5, 5.41) is 7.65. The molecule has 0 saturated heterocycles. The number of ether oxygens (including phenoxy) is 1. The lowest BCUT2D eigenvalue weighted by Crippen LogP contribution is -2.08. The van der Waals surface area contributed by atoms with Crippen molar-refractivity contribution >= 4 is 5.82 Å². The Morgan fingerprint density at radius 3 is 2.81 bits per heavy atom. The highest BCUT2D eigenvalue weighted by molar-refractivity contribution is 5.53. The third-order valence-corrected chi connectivity index (χ3v) is 3.01. The number of hydrogen-bond donors (Lipinski definition) is 1. The molecule has 2 aromatic rings. The van der Waals surface area contributed by atoms with E-state index in [1.807, 2.05) is 16.8 Å². The monoisotopic (exact) mass is 289 g/mol. The van der Waals surface area contributed by atoms with E-state index in [4.69, 9.17) is 4.74 Å². The summed E-state index contributed by atoms with van der Waals surface area (Å²) < 4.78 is 7.14. The molecule has 0 radical (unpaired) electrons. The van der Waals surface area contributed by atoms with Crippen LogP contribution in [0.2, 0.25) is 0 Å². The molecule has 0 aliphatic carbocycles. The van der Waals surface area contributed by atoms with E-state index >= 15 is 0 Å². The van der Waals surface area contributed by atoms with Gasteiger partial charge in [-0.1, -0.05) is 13.8 Å². The lowest BCUT2D eigenvalue weighted by Gasteiger charge is -2.10. The minimum atomic E-state index is 0.470. The molecule has 0 atom stereocenters. The van der Waals surface area contributed by atoms with E-state index in [2.05, 4.69) is 34.2 Å². The highest BCUT2D eigenvalue weighted by atomic mass is 16.5. The van der Waals surface area contributed by atoms with Gasteiger partial charge in [0, 0.05) is 32.5 Å². The van der Waals surface area contributed by atoms with Gasteiger partial charge in [0.1, 0.15) is 11.5 Å². The zero-order chi connectivity index (χ0) is 15.1. The molecule has 0 aromatic carbocycles. The van der Waals surface area contributed by atoms with E-state index in [9.17, 15) is 0 Å². The zero-order valence-electron chi connectivity index (χ0n) is 13.0. The molecule has 0 fully saturated rings. The van der Waals surface area contributed by atoms with E-state index in [1.165, 1.54) is 0 Å². The van der Waals surface area contributed by atoms with E-state index in [-0.39, 0.29) is 0 Å². The molecule has 0 spiro atoms. The van der Waals surface area contributed by atoms with Gasteiger partial charge in [-0.05, 0) is 18.9 Å². The lowest BCUT2D eigenvalue weighted by atomic mass is 10.3. The predicted molar refractivity (Wildman–Crippen MR) is 83.0 cm³/mol. The number of hydrogen-bond acceptors (Lipinski definition) is 5. The number of aromatic nitrogens is 4. The van der Waals surface area contributed by atoms with Gasteiger partial charge in [-0.2, -0.15) is 5.10 Å². The summed E-state index contributed by atoms with van der Waals surface area (Å²) in [4.78, 5) is 9.18. The first kappa shape index (κ1) is 15.4. The summed E-state index contributed by atoms with van der Waals surface area (Å²) in [5.74, 6) is 1.52. The molecular formula is C15H23N5O. The summed E-state index contributed by atoms with van der Waals surface area (Å²) in [5.41, 5.74) is 1.81. The van der Waals surface area contributed by atoms with Crippen molar-refractivity contribution in [1.29, 1.82) is 0 Å². The van der Waals surface area contributed by atoms with Crippen LogP contribution in [0.4, 0.5) is 5.82 Å². The van der Waals surface area contributed by atoms with Gasteiger partial charge >= 0.3 is 0 Å². The second-order valence-electron chi connectivity index (χ2n) is 4.87. The van der Waals surface area contributed by atoms with Crippen LogP contribution in [-0.4, -0.2) is 33.4 Å². The fourth-order valence-corrected chi connectivity index (χ4v) is 2.09. The molecule has 0 bridgehead atoms. The summed E-state index contributed by atoms with van der Waals surface area (Å²) in [6.07, 6.45) is 3.86. The summed E-state index contributed by atoms with van der Waals surface area (Å²) in [6.45, 7) is 6.47. The Bertz CT molecular complexity index is 567. The molecule has 0 amide bonds. The first-order valence-corrected chi connectivity index (χ1v) is 7.41. The van der Waals surface area contributed by atoms with Gasteiger partial charge < -0.3 is 10.1 Å². The number of anilines is 1. The average Bonchev–Trinajstić information content (AvgIpc) is 2.94. The van der Waals surface area contributed by atoms with Crippen molar-refractivity contribution < 1.29 is 4.74 Å². The molecule has 2 rings (SSSR count). The Kier molecular flexibility index (Phi) is 5.68. The minimum Gasteiger partial charge on any atom is -0.378 e. The van der Waals surface area contributed by atoms with E-state index in [0.717, 1.165) is 43.1 Å². The topological polar surface area (TPSA) is 64.9 Å². The molecule has 21 heavy (non-hydrogen) atoms. The maximum atomic E-state index is 5.20. The molecule has 0 aliphatic rings. The maximum Gasteiger partial charge on any atom is 0.180 e. The van der Waals surface area contributed by atoms with Gasteiger partial charge in [-0.3, -0.25) is 4.68 Å². The number of nitrogens with zero attached hydrogens (tertiary/aromatic N) is 4. The summed E-state index contributed by atoms with van der Waals surface area (Å²) >= 11 is 0. The maximum absolute atomic E-state index is 5.20. The van der Waals surface area contributed by atoms with Crippen LogP contribution < -0.4 is 5.32 Å². The number of nitrogens with one attached hydrogen (secondary N) is 1. The van der Waals surface area contributed by atoms with Crippen molar-refractivity contribution in [3.05, 3.63) is 24.0 Å². The van der Waals surface area contributed by atoms with Crippen molar-refractivity contribution in [2.45, 2.75) is 39.8 Å². The predicted octanol–water partition coefficient (Wildman–Crippen LogP) is 2.72. The Morgan fingerprint density at radius 1 is 1.24 bits per heavy atom. The van der Waals surface area contributed by atoms with E-state index in [1.54, 1.807) is 13.3 Å². The molecule has 1 N–H and O–H groups in total. The number of aryl methyl sites for hydroxylation is 1. The quantitative estimate of drug-likeness (QED) is 0.809. The van der Waals surface area contributed by atoms with E-state index < -0.39 is 0 Å². The van der Waals surface area contributed by atoms with Gasteiger partial charge in [0.2, 0.25) is 0 Å². The van der Waals surface area contributed by atoms with Crippen molar-refractivity contribution in [2.75, 3.05) is 19.0 Å². The van der Waals surface area contributed by atoms with Gasteiger partial charge in [0.15, 0.2) is 5.82 Å². The Balaban J connectivity index is 2.36. The van der Waals surface area contributed by atoms with Crippen molar-refractivity contribution in [1.82, 2.24) is 19.7 Å². The second-order valence-corrected chi connectivity index (χ2v) is 4.87. The molecule has 0 saturated carbocycles. The summed E-state index contributed by atoms with van der Waals surface area (Å²) in [7, 11) is 1.67. The second kappa shape index (κ2) is 7.73. The van der Waals surface area contributed by atoms with Crippen LogP contribution in [0, 0.1) is 0 Å². The Morgan fingerprint density at radius 2 is 2.10 bits per heavy atom. The molecule has 2 aromatic heterocycles. The fraction of sp³-hybridized carbons (Fsp3) is 0.533. The average molecular weight is 289 g/mol. The third kappa shape index (κ3) is 4.01. The van der Waals surface area contributed by atoms with Crippen LogP contribution in [-0.2, 0) is 17.9 Å². The zero-order valence-corrected chi connectivity index (χ0v) is 13.0. The Labute approximate surface area is 125 Å². The van der Waals surface area contributed by atoms with Crippen LogP contribution in [0.25, 0.3) is 11.5 Å². The molecule has 0 unspecified atom stereocenters. The Hall–Kier alpha value is -1.95. The first-order chi connectivity index (χ1) is 10.3. The van der Waals surface area contributed by atoms with Gasteiger partial charge in [0.25, 0.3) is 0 Å². The number of rotatable bonds is 8. The molecule has 6 nitrogen and oxygen atoms in total. The van der Waals surface area contributed by atoms with Crippen molar-refractivity contribution in [3.8, 4) is 11.5 Å². The molecular weight excluding hydrogens is 266 g/mol. The summed E-state index contributed by atoms with van der Waals surface area (Å²) in [6, 6.07) is 3.88. The van der Waals surface area contributed by atoms with Gasteiger partial charge in [-0.25, -0.2) is 9.97 Å². The normalized spacial score (nSPS) is 10.8. The van der Waals surface area contributed by atoms with Gasteiger partial charge in [0.05, 0.1) is 12.3 Å². The molecule has 2 heterocycles. The van der Waals surface area contributed by atoms with Crippen LogP contribution in [0.15, 0.2) is 18.3 Å². The third-order valence-electron chi connectivity index (χ3n) is 3.01. The van der Waals surface area contributed by atoms with Crippen LogP contribution >= 0.6 is 0 Å². The van der Waals surface area contributed by atoms with Crippen molar-refractivity contribution in [3.63, 3.8) is 0 Å². The minimum absolute atomic E-state index is 0.470. The smallest absolute Gasteiger partial charge is 0.180 e. The van der Waals surface area contributed by atoms with Gasteiger partial charge in [-0.15, -0.1) is 0 Å². The standard InChI is InChI=1S/C15H23N5O/c1-4-7-16-14-10-12(11-21-3)18-15(19-14)13-6-8-17-20(13)9-5-2/h6,8,10H,4-5,7,9,11H2,1-3H3,(H,16,18,19). The fourth-order valence-electron chi connectivity index (χ4n) is 2.09. The number of methoxy groups -OCH3 is 1. The highest BCUT2D eigenvalue weighted by Crippen LogP contribution is 2.18. The molecule has 114 valence electrons. The molecule has 6 heteroatoms. The SMILES string of the molecule is CCCNc1cc(COC)nc(-c2ccnn2CCC)n1. The first-order valence-electron chi connectivity index (χ1n) is 7.41. The molecule has 0 aliphatic heterocycles. The van der Waals surface area contributed by atoms with Crippen LogP contribution in [0.3, 0.4) is 0 Å². The van der Waals surface area contributed by atoms with Crippen LogP contribution in [0.5, 0.6) is 0 Å². The lowest BCUT2D eigenvalue weighted by molar-refractivity contribution is 0.181. The van der Waals surface area contributed by atoms with Crippen LogP contribution in [0.1, 0.15) is 32.4 Å². The van der Waals surface area contributed by atoms with Crippen molar-refractivity contribution in [2.24, 2.45) is 0 Å². The highest BCUT2D eigenvalue weighted by Gasteiger charge is 2.11.